The van der Waals surface area contributed by atoms with Gasteiger partial charge >= 0.3 is 0 Å². The topological polar surface area (TPSA) is 21.1 Å². The lowest BCUT2D eigenvalue weighted by molar-refractivity contribution is 0.205. The summed E-state index contributed by atoms with van der Waals surface area (Å²) in [5, 5.41) is 0. The molecule has 0 radical (unpaired) electrons. The van der Waals surface area contributed by atoms with Crippen molar-refractivity contribution in [1.82, 2.24) is 14.5 Å². The normalized spacial score (nSPS) is 18.2. The summed E-state index contributed by atoms with van der Waals surface area (Å²) in [6.45, 7) is 3.46. The number of imidazole rings is 1. The largest absolute Gasteiger partial charge is 0.327 e. The zero-order valence-electron chi connectivity index (χ0n) is 11.3. The highest BCUT2D eigenvalue weighted by Gasteiger charge is 2.19. The third-order valence-corrected chi connectivity index (χ3v) is 4.37. The average molecular weight is 278 g/mol. The van der Waals surface area contributed by atoms with E-state index in [0.29, 0.717) is 5.88 Å². The maximum absolute atomic E-state index is 6.05. The maximum Gasteiger partial charge on any atom is 0.124 e. The Hall–Kier alpha value is -1.06. The number of piperidine rings is 1. The highest BCUT2D eigenvalue weighted by atomic mass is 35.5. The van der Waals surface area contributed by atoms with Gasteiger partial charge in [-0.05, 0) is 51.0 Å². The number of halogens is 1. The zero-order valence-corrected chi connectivity index (χ0v) is 12.1. The molecule has 1 saturated heterocycles. The third kappa shape index (κ3) is 2.63. The molecule has 0 N–H and O–H groups in total. The van der Waals surface area contributed by atoms with Crippen LogP contribution in [0.1, 0.15) is 18.7 Å². The van der Waals surface area contributed by atoms with Crippen molar-refractivity contribution in [2.24, 2.45) is 5.92 Å². The van der Waals surface area contributed by atoms with E-state index in [0.717, 1.165) is 23.8 Å². The minimum absolute atomic E-state index is 0.487. The van der Waals surface area contributed by atoms with Gasteiger partial charge in [-0.25, -0.2) is 4.98 Å². The standard InChI is InChI=1S/C15H20ClN3/c1-18-8-6-12(7-9-18)11-19-14-5-3-2-4-13(14)17-15(19)10-16/h2-5,12H,6-11H2,1H3. The highest BCUT2D eigenvalue weighted by Crippen LogP contribution is 2.23. The van der Waals surface area contributed by atoms with Crippen LogP contribution in [0, 0.1) is 5.92 Å². The molecule has 1 aliphatic heterocycles. The van der Waals surface area contributed by atoms with E-state index in [2.05, 4.69) is 39.7 Å². The van der Waals surface area contributed by atoms with E-state index in [9.17, 15) is 0 Å². The SMILES string of the molecule is CN1CCC(Cn2c(CCl)nc3ccccc32)CC1. The molecule has 1 aromatic carbocycles. The van der Waals surface area contributed by atoms with E-state index in [1.54, 1.807) is 0 Å². The summed E-state index contributed by atoms with van der Waals surface area (Å²) in [6.07, 6.45) is 2.54. The molecule has 2 aromatic rings. The van der Waals surface area contributed by atoms with Gasteiger partial charge in [0.25, 0.3) is 0 Å². The molecule has 3 nitrogen and oxygen atoms in total. The summed E-state index contributed by atoms with van der Waals surface area (Å²) in [5.41, 5.74) is 2.28. The Morgan fingerprint density at radius 3 is 2.74 bits per heavy atom. The highest BCUT2D eigenvalue weighted by molar-refractivity contribution is 6.16. The van der Waals surface area contributed by atoms with Gasteiger partial charge in [0.15, 0.2) is 0 Å². The molecule has 2 heterocycles. The molecule has 4 heteroatoms. The maximum atomic E-state index is 6.05. The van der Waals surface area contributed by atoms with Crippen LogP contribution in [-0.4, -0.2) is 34.6 Å². The summed E-state index contributed by atoms with van der Waals surface area (Å²) in [6, 6.07) is 8.32. The number of nitrogens with zero attached hydrogens (tertiary/aromatic N) is 3. The van der Waals surface area contributed by atoms with E-state index < -0.39 is 0 Å². The Morgan fingerprint density at radius 2 is 2.00 bits per heavy atom. The van der Waals surface area contributed by atoms with Crippen molar-refractivity contribution in [2.45, 2.75) is 25.3 Å². The van der Waals surface area contributed by atoms with Crippen molar-refractivity contribution in [1.29, 1.82) is 0 Å². The summed E-state index contributed by atoms with van der Waals surface area (Å²) in [4.78, 5) is 7.04. The van der Waals surface area contributed by atoms with E-state index in [-0.39, 0.29) is 0 Å². The minimum Gasteiger partial charge on any atom is -0.327 e. The van der Waals surface area contributed by atoms with Crippen LogP contribution in [0.4, 0.5) is 0 Å². The molecule has 102 valence electrons. The van der Waals surface area contributed by atoms with Crippen LogP contribution < -0.4 is 0 Å². The summed E-state index contributed by atoms with van der Waals surface area (Å²) in [7, 11) is 2.20. The van der Waals surface area contributed by atoms with Crippen LogP contribution in [0.2, 0.25) is 0 Å². The molecular weight excluding hydrogens is 258 g/mol. The molecule has 0 aliphatic carbocycles. The average Bonchev–Trinajstić information content (AvgIpc) is 2.79. The van der Waals surface area contributed by atoms with E-state index in [4.69, 9.17) is 11.6 Å². The summed E-state index contributed by atoms with van der Waals surface area (Å²) < 4.78 is 2.32. The van der Waals surface area contributed by atoms with Crippen molar-refractivity contribution in [2.75, 3.05) is 20.1 Å². The molecule has 0 bridgehead atoms. The fourth-order valence-corrected chi connectivity index (χ4v) is 3.14. The van der Waals surface area contributed by atoms with Gasteiger partial charge in [0.2, 0.25) is 0 Å². The minimum atomic E-state index is 0.487. The van der Waals surface area contributed by atoms with E-state index in [1.807, 2.05) is 6.07 Å². The second kappa shape index (κ2) is 5.51. The number of aromatic nitrogens is 2. The summed E-state index contributed by atoms with van der Waals surface area (Å²) >= 11 is 6.05. The molecule has 0 unspecified atom stereocenters. The molecule has 1 fully saturated rings. The monoisotopic (exact) mass is 277 g/mol. The number of hydrogen-bond donors (Lipinski definition) is 0. The molecule has 19 heavy (non-hydrogen) atoms. The number of alkyl halides is 1. The van der Waals surface area contributed by atoms with Gasteiger partial charge in [-0.15, -0.1) is 11.6 Å². The first-order valence-corrected chi connectivity index (χ1v) is 7.50. The zero-order chi connectivity index (χ0) is 13.2. The number of likely N-dealkylation sites (tertiary alicyclic amines) is 1. The van der Waals surface area contributed by atoms with Crippen molar-refractivity contribution in [3.63, 3.8) is 0 Å². The fourth-order valence-electron chi connectivity index (χ4n) is 2.93. The number of fused-ring (bicyclic) bond motifs is 1. The van der Waals surface area contributed by atoms with E-state index in [1.165, 1.54) is 31.4 Å². The predicted octanol–water partition coefficient (Wildman–Crippen LogP) is 3.12. The van der Waals surface area contributed by atoms with Crippen LogP contribution in [0.3, 0.4) is 0 Å². The molecule has 0 atom stereocenters. The number of benzene rings is 1. The first kappa shape index (κ1) is 12.9. The molecule has 1 aromatic heterocycles. The Labute approximate surface area is 119 Å². The van der Waals surface area contributed by atoms with Gasteiger partial charge in [0.05, 0.1) is 16.9 Å². The second-order valence-corrected chi connectivity index (χ2v) is 5.77. The Morgan fingerprint density at radius 1 is 1.26 bits per heavy atom. The van der Waals surface area contributed by atoms with Crippen LogP contribution in [0.15, 0.2) is 24.3 Å². The van der Waals surface area contributed by atoms with Gasteiger partial charge < -0.3 is 9.47 Å². The van der Waals surface area contributed by atoms with Crippen molar-refractivity contribution < 1.29 is 0 Å². The number of rotatable bonds is 3. The number of hydrogen-bond acceptors (Lipinski definition) is 2. The van der Waals surface area contributed by atoms with Crippen LogP contribution in [0.5, 0.6) is 0 Å². The predicted molar refractivity (Wildman–Crippen MR) is 79.5 cm³/mol. The van der Waals surface area contributed by atoms with Gasteiger partial charge in [-0.2, -0.15) is 0 Å². The lowest BCUT2D eigenvalue weighted by Gasteiger charge is -2.29. The number of para-hydroxylation sites is 2. The molecule has 0 spiro atoms. The van der Waals surface area contributed by atoms with Crippen molar-refractivity contribution in [3.8, 4) is 0 Å². The molecule has 3 rings (SSSR count). The fraction of sp³-hybridized carbons (Fsp3) is 0.533. The lowest BCUT2D eigenvalue weighted by atomic mass is 9.97. The van der Waals surface area contributed by atoms with Gasteiger partial charge in [0.1, 0.15) is 5.82 Å². The van der Waals surface area contributed by atoms with Crippen molar-refractivity contribution in [3.05, 3.63) is 30.1 Å². The molecule has 0 amide bonds. The molecular formula is C15H20ClN3. The molecule has 0 saturated carbocycles. The molecule has 1 aliphatic rings. The second-order valence-electron chi connectivity index (χ2n) is 5.51. The van der Waals surface area contributed by atoms with E-state index >= 15 is 0 Å². The third-order valence-electron chi connectivity index (χ3n) is 4.13. The van der Waals surface area contributed by atoms with Crippen LogP contribution >= 0.6 is 11.6 Å². The Kier molecular flexibility index (Phi) is 3.76. The Balaban J connectivity index is 1.87. The summed E-state index contributed by atoms with van der Waals surface area (Å²) in [5.74, 6) is 2.24. The van der Waals surface area contributed by atoms with Gasteiger partial charge in [0, 0.05) is 6.54 Å². The van der Waals surface area contributed by atoms with Crippen molar-refractivity contribution >= 4 is 22.6 Å². The Bertz CT molecular complexity index is 556. The van der Waals surface area contributed by atoms with Gasteiger partial charge in [-0.3, -0.25) is 0 Å². The first-order chi connectivity index (χ1) is 9.28. The van der Waals surface area contributed by atoms with Gasteiger partial charge in [-0.1, -0.05) is 12.1 Å². The quantitative estimate of drug-likeness (QED) is 0.804. The van der Waals surface area contributed by atoms with Crippen LogP contribution in [-0.2, 0) is 12.4 Å². The van der Waals surface area contributed by atoms with Crippen LogP contribution in [0.25, 0.3) is 11.0 Å². The lowest BCUT2D eigenvalue weighted by Crippen LogP contribution is -2.32. The smallest absolute Gasteiger partial charge is 0.124 e. The first-order valence-electron chi connectivity index (χ1n) is 6.96.